The normalized spacial score (nSPS) is 12.2. The summed E-state index contributed by atoms with van der Waals surface area (Å²) in [5.41, 5.74) is 2.96. The number of ether oxygens (including phenoxy) is 1. The van der Waals surface area contributed by atoms with Crippen LogP contribution < -0.4 is 14.4 Å². The first-order valence-electron chi connectivity index (χ1n) is 11.7. The average molecular weight is 504 g/mol. The fourth-order valence-corrected chi connectivity index (χ4v) is 4.71. The molecule has 2 rings (SSSR count). The zero-order valence-corrected chi connectivity index (χ0v) is 22.5. The maximum Gasteiger partial charge on any atom is 0.244 e. The van der Waals surface area contributed by atoms with Crippen LogP contribution in [0.1, 0.15) is 43.9 Å². The molecule has 0 bridgehead atoms. The highest BCUT2D eigenvalue weighted by atomic mass is 32.2. The Labute approximate surface area is 209 Å². The van der Waals surface area contributed by atoms with Crippen LogP contribution in [0.2, 0.25) is 0 Å². The number of hydrogen-bond acceptors (Lipinski definition) is 5. The summed E-state index contributed by atoms with van der Waals surface area (Å²) in [6.07, 6.45) is 1.43. The van der Waals surface area contributed by atoms with Crippen LogP contribution >= 0.6 is 0 Å². The monoisotopic (exact) mass is 503 g/mol. The third kappa shape index (κ3) is 7.45. The van der Waals surface area contributed by atoms with Crippen molar-refractivity contribution in [3.05, 3.63) is 59.2 Å². The molecule has 0 saturated heterocycles. The van der Waals surface area contributed by atoms with Crippen LogP contribution in [0.15, 0.2) is 42.5 Å². The highest BCUT2D eigenvalue weighted by molar-refractivity contribution is 7.92. The number of methoxy groups -OCH3 is 1. The number of nitrogens with one attached hydrogen (secondary N) is 1. The van der Waals surface area contributed by atoms with E-state index >= 15 is 0 Å². The van der Waals surface area contributed by atoms with Gasteiger partial charge in [0.15, 0.2) is 0 Å². The van der Waals surface area contributed by atoms with Gasteiger partial charge in [0.1, 0.15) is 18.3 Å². The van der Waals surface area contributed by atoms with Crippen molar-refractivity contribution in [3.63, 3.8) is 0 Å². The van der Waals surface area contributed by atoms with Crippen molar-refractivity contribution in [2.75, 3.05) is 24.2 Å². The van der Waals surface area contributed by atoms with Crippen molar-refractivity contribution in [1.29, 1.82) is 0 Å². The van der Waals surface area contributed by atoms with E-state index in [4.69, 9.17) is 4.74 Å². The lowest BCUT2D eigenvalue weighted by molar-refractivity contribution is -0.140. The molecule has 2 amide bonds. The fraction of sp³-hybridized carbons (Fsp3) is 0.462. The molecule has 8 nitrogen and oxygen atoms in total. The first-order chi connectivity index (χ1) is 16.4. The lowest BCUT2D eigenvalue weighted by Crippen LogP contribution is -2.53. The van der Waals surface area contributed by atoms with Gasteiger partial charge in [0.2, 0.25) is 21.8 Å². The first kappa shape index (κ1) is 28.2. The summed E-state index contributed by atoms with van der Waals surface area (Å²) >= 11 is 0. The zero-order valence-electron chi connectivity index (χ0n) is 21.7. The van der Waals surface area contributed by atoms with Gasteiger partial charge in [0.05, 0.1) is 19.1 Å². The van der Waals surface area contributed by atoms with Gasteiger partial charge >= 0.3 is 0 Å². The van der Waals surface area contributed by atoms with Crippen LogP contribution in [0, 0.1) is 13.8 Å². The maximum absolute atomic E-state index is 13.8. The molecule has 0 heterocycles. The van der Waals surface area contributed by atoms with Crippen LogP contribution in [-0.2, 0) is 26.2 Å². The van der Waals surface area contributed by atoms with E-state index < -0.39 is 28.5 Å². The highest BCUT2D eigenvalue weighted by Gasteiger charge is 2.33. The number of benzene rings is 2. The Bertz CT molecular complexity index is 1150. The Hall–Kier alpha value is -3.07. The van der Waals surface area contributed by atoms with Gasteiger partial charge in [-0.2, -0.15) is 0 Å². The van der Waals surface area contributed by atoms with Crippen LogP contribution in [0.3, 0.4) is 0 Å². The molecule has 0 aliphatic heterocycles. The lowest BCUT2D eigenvalue weighted by Gasteiger charge is -2.33. The van der Waals surface area contributed by atoms with Gasteiger partial charge < -0.3 is 15.0 Å². The summed E-state index contributed by atoms with van der Waals surface area (Å²) < 4.78 is 32.1. The van der Waals surface area contributed by atoms with E-state index in [0.717, 1.165) is 27.3 Å². The predicted octanol–water partition coefficient (Wildman–Crippen LogP) is 3.41. The van der Waals surface area contributed by atoms with Crippen LogP contribution in [0.5, 0.6) is 5.75 Å². The molecule has 0 aromatic heterocycles. The molecule has 1 atom stereocenters. The molecule has 0 aliphatic rings. The quantitative estimate of drug-likeness (QED) is 0.507. The zero-order chi connectivity index (χ0) is 26.3. The predicted molar refractivity (Wildman–Crippen MR) is 139 cm³/mol. The van der Waals surface area contributed by atoms with Gasteiger partial charge in [0, 0.05) is 12.6 Å². The molecule has 9 heteroatoms. The summed E-state index contributed by atoms with van der Waals surface area (Å²) in [5, 5.41) is 2.89. The van der Waals surface area contributed by atoms with Gasteiger partial charge in [-0.1, -0.05) is 37.3 Å². The minimum Gasteiger partial charge on any atom is -0.495 e. The van der Waals surface area contributed by atoms with Crippen LogP contribution in [0.25, 0.3) is 0 Å². The average Bonchev–Trinajstić information content (AvgIpc) is 2.77. The largest absolute Gasteiger partial charge is 0.495 e. The molecule has 1 N–H and O–H groups in total. The van der Waals surface area contributed by atoms with Crippen molar-refractivity contribution in [1.82, 2.24) is 10.2 Å². The van der Waals surface area contributed by atoms with E-state index in [2.05, 4.69) is 5.32 Å². The Morgan fingerprint density at radius 2 is 1.74 bits per heavy atom. The minimum atomic E-state index is -3.84. The number of hydrogen-bond donors (Lipinski definition) is 1. The van der Waals surface area contributed by atoms with Gasteiger partial charge in [-0.3, -0.25) is 13.9 Å². The maximum atomic E-state index is 13.8. The summed E-state index contributed by atoms with van der Waals surface area (Å²) in [7, 11) is -2.39. The molecule has 2 aromatic rings. The molecule has 0 aliphatic carbocycles. The van der Waals surface area contributed by atoms with Gasteiger partial charge in [-0.15, -0.1) is 0 Å². The molecule has 0 spiro atoms. The fourth-order valence-electron chi connectivity index (χ4n) is 3.86. The number of carbonyl (C=O) groups excluding carboxylic acids is 2. The smallest absolute Gasteiger partial charge is 0.244 e. The molecule has 35 heavy (non-hydrogen) atoms. The third-order valence-corrected chi connectivity index (χ3v) is 6.83. The van der Waals surface area contributed by atoms with E-state index in [1.165, 1.54) is 12.0 Å². The number of anilines is 1. The van der Waals surface area contributed by atoms with E-state index in [-0.39, 0.29) is 24.2 Å². The second-order valence-corrected chi connectivity index (χ2v) is 10.9. The Morgan fingerprint density at radius 3 is 2.29 bits per heavy atom. The summed E-state index contributed by atoms with van der Waals surface area (Å²) in [5.74, 6) is -0.416. The molecule has 0 unspecified atom stereocenters. The number of amides is 2. The number of rotatable bonds is 11. The van der Waals surface area contributed by atoms with Crippen molar-refractivity contribution in [3.8, 4) is 5.75 Å². The number of nitrogens with zero attached hydrogens (tertiary/aromatic N) is 2. The van der Waals surface area contributed by atoms with E-state index in [0.29, 0.717) is 12.2 Å². The van der Waals surface area contributed by atoms with Crippen LogP contribution in [0.4, 0.5) is 5.69 Å². The number of sulfonamides is 1. The van der Waals surface area contributed by atoms with E-state index in [1.807, 2.05) is 58.9 Å². The SMILES string of the molecule is CC[C@H](C(=O)NC(C)C)N(Cc1ccccc1C)C(=O)CN(c1cc(C)ccc1OC)S(C)(=O)=O. The Balaban J connectivity index is 2.53. The number of carbonyl (C=O) groups is 2. The van der Waals surface area contributed by atoms with Crippen LogP contribution in [-0.4, -0.2) is 57.1 Å². The minimum absolute atomic E-state index is 0.101. The lowest BCUT2D eigenvalue weighted by atomic mass is 10.1. The van der Waals surface area contributed by atoms with Crippen molar-refractivity contribution in [2.45, 2.75) is 59.7 Å². The molecule has 2 aromatic carbocycles. The van der Waals surface area contributed by atoms with Gasteiger partial charge in [0.25, 0.3) is 0 Å². The standard InChI is InChI=1S/C26H37N3O5S/c1-8-22(26(31)27-18(2)3)28(16-21-12-10-9-11-20(21)5)25(30)17-29(35(7,32)33)23-15-19(4)13-14-24(23)34-6/h9-15,18,22H,8,16-17H2,1-7H3,(H,27,31)/t22-/m1/s1. The molecule has 0 radical (unpaired) electrons. The third-order valence-electron chi connectivity index (χ3n) is 5.70. The number of aryl methyl sites for hydroxylation is 2. The van der Waals surface area contributed by atoms with Crippen molar-refractivity contribution in [2.24, 2.45) is 0 Å². The second kappa shape index (κ2) is 12.1. The topological polar surface area (TPSA) is 96.0 Å². The van der Waals surface area contributed by atoms with E-state index in [9.17, 15) is 18.0 Å². The molecular weight excluding hydrogens is 466 g/mol. The first-order valence-corrected chi connectivity index (χ1v) is 13.5. The summed E-state index contributed by atoms with van der Waals surface area (Å²) in [6, 6.07) is 11.9. The second-order valence-electron chi connectivity index (χ2n) is 8.98. The molecule has 192 valence electrons. The van der Waals surface area contributed by atoms with Gasteiger partial charge in [-0.05, 0) is 62.9 Å². The van der Waals surface area contributed by atoms with Crippen molar-refractivity contribution >= 4 is 27.5 Å². The molecule has 0 fully saturated rings. The molecular formula is C26H37N3O5S. The Kier molecular flexibility index (Phi) is 9.71. The molecule has 0 saturated carbocycles. The highest BCUT2D eigenvalue weighted by Crippen LogP contribution is 2.31. The van der Waals surface area contributed by atoms with E-state index in [1.54, 1.807) is 18.2 Å². The van der Waals surface area contributed by atoms with Gasteiger partial charge in [-0.25, -0.2) is 8.42 Å². The van der Waals surface area contributed by atoms with Crippen molar-refractivity contribution < 1.29 is 22.7 Å². The summed E-state index contributed by atoms with van der Waals surface area (Å²) in [4.78, 5) is 28.3. The summed E-state index contributed by atoms with van der Waals surface area (Å²) in [6.45, 7) is 9.03. The Morgan fingerprint density at radius 1 is 1.09 bits per heavy atom.